The zero-order valence-electron chi connectivity index (χ0n) is 10.6. The van der Waals surface area contributed by atoms with Crippen molar-refractivity contribution < 1.29 is 4.79 Å². The zero-order chi connectivity index (χ0) is 14.8. The lowest BCUT2D eigenvalue weighted by molar-refractivity contribution is 0.102. The van der Waals surface area contributed by atoms with E-state index in [2.05, 4.69) is 20.7 Å². The highest BCUT2D eigenvalue weighted by Crippen LogP contribution is 2.28. The zero-order valence-corrected chi connectivity index (χ0v) is 12.2. The molecule has 1 aromatic carbocycles. The average Bonchev–Trinajstić information content (AvgIpc) is 2.88. The molecule has 3 aromatic rings. The second-order valence-corrected chi connectivity index (χ2v) is 5.63. The molecule has 0 radical (unpaired) electrons. The van der Waals surface area contributed by atoms with Gasteiger partial charge in [0.1, 0.15) is 5.82 Å². The molecule has 0 aliphatic rings. The number of nitrogen functional groups attached to an aromatic ring is 1. The molecular formula is C13H10ClN5OS. The van der Waals surface area contributed by atoms with Gasteiger partial charge in [-0.1, -0.05) is 22.9 Å². The lowest BCUT2D eigenvalue weighted by Gasteiger charge is -2.02. The van der Waals surface area contributed by atoms with Gasteiger partial charge in [-0.25, -0.2) is 15.8 Å². The van der Waals surface area contributed by atoms with Crippen molar-refractivity contribution in [3.8, 4) is 0 Å². The van der Waals surface area contributed by atoms with Crippen LogP contribution < -0.4 is 16.6 Å². The predicted molar refractivity (Wildman–Crippen MR) is 84.6 cm³/mol. The van der Waals surface area contributed by atoms with Gasteiger partial charge >= 0.3 is 0 Å². The van der Waals surface area contributed by atoms with Crippen molar-refractivity contribution in [2.45, 2.75) is 0 Å². The van der Waals surface area contributed by atoms with Gasteiger partial charge in [0.2, 0.25) is 0 Å². The van der Waals surface area contributed by atoms with Crippen LogP contribution in [0.15, 0.2) is 36.5 Å². The summed E-state index contributed by atoms with van der Waals surface area (Å²) in [4.78, 5) is 20.4. The molecule has 0 aliphatic carbocycles. The average molecular weight is 320 g/mol. The van der Waals surface area contributed by atoms with E-state index in [0.717, 1.165) is 10.2 Å². The van der Waals surface area contributed by atoms with Crippen molar-refractivity contribution in [2.75, 3.05) is 10.7 Å². The number of nitrogens with zero attached hydrogens (tertiary/aromatic N) is 2. The van der Waals surface area contributed by atoms with E-state index in [9.17, 15) is 4.79 Å². The number of nitrogens with two attached hydrogens (primary N) is 1. The largest absolute Gasteiger partial charge is 0.308 e. The molecule has 0 saturated heterocycles. The lowest BCUT2D eigenvalue weighted by Crippen LogP contribution is -2.13. The fourth-order valence-electron chi connectivity index (χ4n) is 1.73. The maximum absolute atomic E-state index is 12.1. The van der Waals surface area contributed by atoms with Gasteiger partial charge in [0, 0.05) is 11.2 Å². The van der Waals surface area contributed by atoms with Gasteiger partial charge in [0.25, 0.3) is 5.91 Å². The van der Waals surface area contributed by atoms with Crippen LogP contribution >= 0.6 is 22.9 Å². The van der Waals surface area contributed by atoms with E-state index < -0.39 is 0 Å². The molecule has 6 nitrogen and oxygen atoms in total. The Morgan fingerprint density at radius 2 is 2.14 bits per heavy atom. The van der Waals surface area contributed by atoms with E-state index in [4.69, 9.17) is 17.4 Å². The Labute approximate surface area is 128 Å². The summed E-state index contributed by atoms with van der Waals surface area (Å²) in [5.74, 6) is 5.43. The van der Waals surface area contributed by atoms with Crippen LogP contribution in [0.4, 0.5) is 10.9 Å². The van der Waals surface area contributed by atoms with Crippen LogP contribution in [-0.4, -0.2) is 15.9 Å². The molecule has 3 rings (SSSR count). The summed E-state index contributed by atoms with van der Waals surface area (Å²) in [5.41, 5.74) is 3.61. The molecule has 8 heteroatoms. The van der Waals surface area contributed by atoms with Crippen molar-refractivity contribution >= 4 is 50.0 Å². The number of nitrogens with one attached hydrogen (secondary N) is 2. The summed E-state index contributed by atoms with van der Waals surface area (Å²) in [5, 5.41) is 3.89. The highest BCUT2D eigenvalue weighted by molar-refractivity contribution is 7.22. The predicted octanol–water partition coefficient (Wildman–Crippen LogP) is 2.88. The number of fused-ring (bicyclic) bond motifs is 1. The second-order valence-electron chi connectivity index (χ2n) is 4.16. The number of anilines is 2. The molecule has 0 unspecified atom stereocenters. The highest BCUT2D eigenvalue weighted by Gasteiger charge is 2.10. The number of carbonyl (C=O) groups excluding carboxylic acids is 1. The Morgan fingerprint density at radius 1 is 1.29 bits per heavy atom. The van der Waals surface area contributed by atoms with Gasteiger partial charge in [0.15, 0.2) is 5.13 Å². The van der Waals surface area contributed by atoms with Crippen molar-refractivity contribution in [2.24, 2.45) is 5.84 Å². The number of thiazole rings is 1. The Morgan fingerprint density at radius 3 is 2.86 bits per heavy atom. The molecule has 0 aliphatic heterocycles. The number of rotatable bonds is 3. The maximum atomic E-state index is 12.1. The molecule has 106 valence electrons. The van der Waals surface area contributed by atoms with Crippen molar-refractivity contribution in [3.05, 3.63) is 47.1 Å². The first kappa shape index (κ1) is 13.7. The fourth-order valence-corrected chi connectivity index (χ4v) is 2.87. The van der Waals surface area contributed by atoms with Crippen LogP contribution in [0, 0.1) is 0 Å². The number of amides is 1. The van der Waals surface area contributed by atoms with Crippen LogP contribution in [0.25, 0.3) is 10.2 Å². The third-order valence-electron chi connectivity index (χ3n) is 2.74. The molecule has 2 heterocycles. The van der Waals surface area contributed by atoms with Crippen molar-refractivity contribution in [3.63, 3.8) is 0 Å². The maximum Gasteiger partial charge on any atom is 0.259 e. The standard InChI is InChI=1S/C13H10ClN5OS/c14-8-2-3-9-10(5-8)21-13(17-9)18-12(20)7-1-4-11(19-15)16-6-7/h1-6H,15H2,(H,16,19)(H,17,18,20). The number of pyridine rings is 1. The molecule has 1 amide bonds. The van der Waals surface area contributed by atoms with Crippen LogP contribution in [0.2, 0.25) is 5.02 Å². The van der Waals surface area contributed by atoms with E-state index in [1.165, 1.54) is 17.5 Å². The molecule has 0 saturated carbocycles. The number of carbonyl (C=O) groups is 1. The molecular weight excluding hydrogens is 310 g/mol. The smallest absolute Gasteiger partial charge is 0.259 e. The van der Waals surface area contributed by atoms with Crippen LogP contribution in [0.3, 0.4) is 0 Å². The molecule has 21 heavy (non-hydrogen) atoms. The Balaban J connectivity index is 1.81. The second kappa shape index (κ2) is 5.65. The first-order valence-electron chi connectivity index (χ1n) is 5.96. The van der Waals surface area contributed by atoms with E-state index in [0.29, 0.717) is 21.5 Å². The number of benzene rings is 1. The summed E-state index contributed by atoms with van der Waals surface area (Å²) in [6.45, 7) is 0. The number of hydrogen-bond acceptors (Lipinski definition) is 6. The fraction of sp³-hybridized carbons (Fsp3) is 0. The lowest BCUT2D eigenvalue weighted by atomic mass is 10.2. The van der Waals surface area contributed by atoms with Crippen molar-refractivity contribution in [1.82, 2.24) is 9.97 Å². The minimum absolute atomic E-state index is 0.281. The van der Waals surface area contributed by atoms with Gasteiger partial charge in [0.05, 0.1) is 15.8 Å². The Hall–Kier alpha value is -2.22. The molecule has 0 atom stereocenters. The highest BCUT2D eigenvalue weighted by atomic mass is 35.5. The molecule has 0 spiro atoms. The van der Waals surface area contributed by atoms with Crippen molar-refractivity contribution in [1.29, 1.82) is 0 Å². The number of aromatic nitrogens is 2. The topological polar surface area (TPSA) is 92.9 Å². The summed E-state index contributed by atoms with van der Waals surface area (Å²) in [6.07, 6.45) is 1.44. The van der Waals surface area contributed by atoms with E-state index in [1.54, 1.807) is 18.2 Å². The third kappa shape index (κ3) is 2.94. The normalized spacial score (nSPS) is 10.6. The minimum atomic E-state index is -0.281. The van der Waals surface area contributed by atoms with Gasteiger partial charge in [-0.2, -0.15) is 0 Å². The van der Waals surface area contributed by atoms with Crippen LogP contribution in [-0.2, 0) is 0 Å². The quantitative estimate of drug-likeness (QED) is 0.510. The Kier molecular flexibility index (Phi) is 3.70. The summed E-state index contributed by atoms with van der Waals surface area (Å²) >= 11 is 7.29. The molecule has 4 N–H and O–H groups in total. The van der Waals surface area contributed by atoms with Gasteiger partial charge in [-0.3, -0.25) is 10.1 Å². The number of hydrazine groups is 1. The van der Waals surface area contributed by atoms with Gasteiger partial charge in [-0.05, 0) is 30.3 Å². The molecule has 2 aromatic heterocycles. The minimum Gasteiger partial charge on any atom is -0.308 e. The monoisotopic (exact) mass is 319 g/mol. The van der Waals surface area contributed by atoms with E-state index in [-0.39, 0.29) is 5.91 Å². The molecule has 0 bridgehead atoms. The third-order valence-corrected chi connectivity index (χ3v) is 3.91. The van der Waals surface area contributed by atoms with E-state index in [1.807, 2.05) is 12.1 Å². The first-order chi connectivity index (χ1) is 10.2. The summed E-state index contributed by atoms with van der Waals surface area (Å²) in [7, 11) is 0. The number of hydrogen-bond donors (Lipinski definition) is 3. The Bertz CT molecular complexity index is 802. The molecule has 0 fully saturated rings. The van der Waals surface area contributed by atoms with Gasteiger partial charge in [-0.15, -0.1) is 0 Å². The van der Waals surface area contributed by atoms with E-state index >= 15 is 0 Å². The SMILES string of the molecule is NNc1ccc(C(=O)Nc2nc3ccc(Cl)cc3s2)cn1. The van der Waals surface area contributed by atoms with Crippen LogP contribution in [0.1, 0.15) is 10.4 Å². The summed E-state index contributed by atoms with van der Waals surface area (Å²) < 4.78 is 0.915. The van der Waals surface area contributed by atoms with Crippen LogP contribution in [0.5, 0.6) is 0 Å². The number of halogens is 1. The summed E-state index contributed by atoms with van der Waals surface area (Å²) in [6, 6.07) is 8.63. The first-order valence-corrected chi connectivity index (χ1v) is 7.15. The van der Waals surface area contributed by atoms with Gasteiger partial charge < -0.3 is 5.43 Å².